The summed E-state index contributed by atoms with van der Waals surface area (Å²) in [4.78, 5) is 9.01. The number of rotatable bonds is 5. The smallest absolute Gasteiger partial charge is 0.261 e. The van der Waals surface area contributed by atoms with Crippen molar-refractivity contribution >= 4 is 33.6 Å². The zero-order chi connectivity index (χ0) is 24.0. The normalized spacial score (nSPS) is 25.2. The number of fused-ring (bicyclic) bond motifs is 1. The van der Waals surface area contributed by atoms with Crippen LogP contribution in [0.1, 0.15) is 19.4 Å². The van der Waals surface area contributed by atoms with E-state index in [0.717, 1.165) is 22.9 Å². The number of hydrogen-bond donors (Lipinski definition) is 2. The summed E-state index contributed by atoms with van der Waals surface area (Å²) in [6.07, 6.45) is 1.05. The molecule has 1 atom stereocenters. The SMILES string of the molecule is CC1=C2C(=Nc3cc(NS(=O)(=O)c4cccc(F)c4)ccc3C)N=CNN2CC1C1OC(C)O1. The zero-order valence-corrected chi connectivity index (χ0v) is 19.6. The summed E-state index contributed by atoms with van der Waals surface area (Å²) >= 11 is 0. The summed E-state index contributed by atoms with van der Waals surface area (Å²) in [7, 11) is -3.96. The predicted molar refractivity (Wildman–Crippen MR) is 125 cm³/mol. The fraction of sp³-hybridized carbons (Fsp3) is 0.304. The van der Waals surface area contributed by atoms with E-state index in [-0.39, 0.29) is 23.4 Å². The third kappa shape index (κ3) is 4.17. The van der Waals surface area contributed by atoms with Crippen LogP contribution in [0, 0.1) is 18.7 Å². The number of hydrogen-bond acceptors (Lipinski definition) is 7. The van der Waals surface area contributed by atoms with Gasteiger partial charge in [0.1, 0.15) is 17.9 Å². The molecule has 5 rings (SSSR count). The zero-order valence-electron chi connectivity index (χ0n) is 18.8. The first kappa shape index (κ1) is 22.5. The van der Waals surface area contributed by atoms with Crippen molar-refractivity contribution in [3.05, 3.63) is 65.1 Å². The monoisotopic (exact) mass is 485 g/mol. The quantitative estimate of drug-likeness (QED) is 0.672. The second kappa shape index (κ2) is 8.49. The first-order valence-corrected chi connectivity index (χ1v) is 12.3. The van der Waals surface area contributed by atoms with Gasteiger partial charge in [0, 0.05) is 0 Å². The summed E-state index contributed by atoms with van der Waals surface area (Å²) in [5.41, 5.74) is 6.71. The van der Waals surface area contributed by atoms with Gasteiger partial charge < -0.3 is 9.47 Å². The van der Waals surface area contributed by atoms with E-state index in [1.165, 1.54) is 18.2 Å². The number of ether oxygens (including phenoxy) is 2. The van der Waals surface area contributed by atoms with E-state index in [1.54, 1.807) is 24.5 Å². The van der Waals surface area contributed by atoms with Crippen LogP contribution >= 0.6 is 0 Å². The molecule has 11 heteroatoms. The van der Waals surface area contributed by atoms with Crippen LogP contribution in [0.15, 0.2) is 68.6 Å². The number of halogens is 1. The number of amidine groups is 1. The van der Waals surface area contributed by atoms with Crippen molar-refractivity contribution < 1.29 is 22.3 Å². The van der Waals surface area contributed by atoms with Crippen LogP contribution in [-0.4, -0.2) is 44.7 Å². The number of nitrogens with one attached hydrogen (secondary N) is 2. The molecule has 34 heavy (non-hydrogen) atoms. The van der Waals surface area contributed by atoms with Crippen LogP contribution in [0.4, 0.5) is 15.8 Å². The van der Waals surface area contributed by atoms with Gasteiger partial charge in [-0.2, -0.15) is 0 Å². The maximum atomic E-state index is 13.5. The lowest BCUT2D eigenvalue weighted by atomic mass is 10.0. The molecular formula is C23H24FN5O4S. The van der Waals surface area contributed by atoms with Crippen molar-refractivity contribution in [3.8, 4) is 0 Å². The number of anilines is 1. The molecular weight excluding hydrogens is 461 g/mol. The van der Waals surface area contributed by atoms with Gasteiger partial charge in [-0.1, -0.05) is 12.1 Å². The van der Waals surface area contributed by atoms with Crippen molar-refractivity contribution in [1.82, 2.24) is 10.4 Å². The Labute approximate surface area is 197 Å². The van der Waals surface area contributed by atoms with Gasteiger partial charge in [-0.15, -0.1) is 0 Å². The van der Waals surface area contributed by atoms with Crippen LogP contribution in [0.5, 0.6) is 0 Å². The van der Waals surface area contributed by atoms with Gasteiger partial charge in [0.25, 0.3) is 10.0 Å². The molecule has 9 nitrogen and oxygen atoms in total. The molecule has 178 valence electrons. The standard InChI is InChI=1S/C23H24FN5O4S/c1-13-7-8-17(28-34(30,31)18-6-4-5-16(24)9-18)10-20(13)27-22-21-14(2)19(23-32-15(3)33-23)11-29(21)26-12-25-22/h4-10,12,15,19,23,28H,11H2,1-3H3,(H,25,26,27). The molecule has 3 heterocycles. The minimum atomic E-state index is -3.96. The van der Waals surface area contributed by atoms with E-state index in [9.17, 15) is 12.8 Å². The molecule has 0 aliphatic carbocycles. The number of sulfonamides is 1. The highest BCUT2D eigenvalue weighted by atomic mass is 32.2. The second-order valence-corrected chi connectivity index (χ2v) is 10.0. The molecule has 2 aromatic rings. The van der Waals surface area contributed by atoms with E-state index in [0.29, 0.717) is 23.8 Å². The highest BCUT2D eigenvalue weighted by Crippen LogP contribution is 2.37. The van der Waals surface area contributed by atoms with Gasteiger partial charge in [-0.25, -0.2) is 22.8 Å². The topological polar surface area (TPSA) is 105 Å². The van der Waals surface area contributed by atoms with Gasteiger partial charge in [0.05, 0.1) is 28.7 Å². The fourth-order valence-electron chi connectivity index (χ4n) is 4.15. The van der Waals surface area contributed by atoms with Crippen LogP contribution < -0.4 is 10.1 Å². The van der Waals surface area contributed by atoms with Crippen LogP contribution in [0.3, 0.4) is 0 Å². The molecule has 3 aliphatic rings. The lowest BCUT2D eigenvalue weighted by Gasteiger charge is -2.38. The van der Waals surface area contributed by atoms with Gasteiger partial charge in [0.2, 0.25) is 0 Å². The fourth-order valence-corrected chi connectivity index (χ4v) is 5.23. The Morgan fingerprint density at radius 1 is 1.21 bits per heavy atom. The molecule has 0 saturated carbocycles. The lowest BCUT2D eigenvalue weighted by molar-refractivity contribution is -0.388. The second-order valence-electron chi connectivity index (χ2n) is 8.34. The molecule has 1 fully saturated rings. The Balaban J connectivity index is 1.45. The van der Waals surface area contributed by atoms with Crippen LogP contribution in [-0.2, 0) is 19.5 Å². The molecule has 0 spiro atoms. The van der Waals surface area contributed by atoms with E-state index in [2.05, 4.69) is 15.1 Å². The number of nitrogens with zero attached hydrogens (tertiary/aromatic N) is 3. The van der Waals surface area contributed by atoms with Gasteiger partial charge >= 0.3 is 0 Å². The Hall–Kier alpha value is -3.28. The first-order chi connectivity index (χ1) is 16.2. The summed E-state index contributed by atoms with van der Waals surface area (Å²) < 4.78 is 52.8. The van der Waals surface area contributed by atoms with Crippen molar-refractivity contribution in [3.63, 3.8) is 0 Å². The molecule has 0 bridgehead atoms. The molecule has 2 aromatic carbocycles. The summed E-state index contributed by atoms with van der Waals surface area (Å²) in [6, 6.07) is 9.87. The van der Waals surface area contributed by atoms with Gasteiger partial charge in [-0.05, 0) is 62.2 Å². The number of hydrazine groups is 1. The van der Waals surface area contributed by atoms with E-state index < -0.39 is 15.8 Å². The predicted octanol–water partition coefficient (Wildman–Crippen LogP) is 3.44. The lowest BCUT2D eigenvalue weighted by Crippen LogP contribution is -2.47. The molecule has 1 saturated heterocycles. The number of benzene rings is 2. The minimum absolute atomic E-state index is 0.0381. The highest BCUT2D eigenvalue weighted by molar-refractivity contribution is 7.92. The van der Waals surface area contributed by atoms with Crippen LogP contribution in [0.25, 0.3) is 0 Å². The Morgan fingerprint density at radius 3 is 2.74 bits per heavy atom. The number of aryl methyl sites for hydroxylation is 1. The van der Waals surface area contributed by atoms with E-state index in [4.69, 9.17) is 14.5 Å². The van der Waals surface area contributed by atoms with Crippen molar-refractivity contribution in [2.24, 2.45) is 15.9 Å². The van der Waals surface area contributed by atoms with Gasteiger partial charge in [0.15, 0.2) is 18.4 Å². The maximum absolute atomic E-state index is 13.5. The molecule has 0 radical (unpaired) electrons. The summed E-state index contributed by atoms with van der Waals surface area (Å²) in [5.74, 6) is -0.0895. The average Bonchev–Trinajstić information content (AvgIpc) is 3.10. The Bertz CT molecular complexity index is 1330. The number of aliphatic imine (C=N–C) groups is 2. The van der Waals surface area contributed by atoms with Crippen molar-refractivity contribution in [1.29, 1.82) is 0 Å². The first-order valence-electron chi connectivity index (χ1n) is 10.8. The van der Waals surface area contributed by atoms with E-state index >= 15 is 0 Å². The van der Waals surface area contributed by atoms with Crippen LogP contribution in [0.2, 0.25) is 0 Å². The highest BCUT2D eigenvalue weighted by Gasteiger charge is 2.43. The Kier molecular flexibility index (Phi) is 5.62. The largest absolute Gasteiger partial charge is 0.323 e. The van der Waals surface area contributed by atoms with E-state index in [1.807, 2.05) is 25.8 Å². The Morgan fingerprint density at radius 2 is 2.00 bits per heavy atom. The third-order valence-corrected chi connectivity index (χ3v) is 7.34. The molecule has 3 aliphatic heterocycles. The molecule has 0 amide bonds. The minimum Gasteiger partial charge on any atom is -0.323 e. The average molecular weight is 486 g/mol. The van der Waals surface area contributed by atoms with Crippen molar-refractivity contribution in [2.75, 3.05) is 11.3 Å². The molecule has 1 unspecified atom stereocenters. The summed E-state index contributed by atoms with van der Waals surface area (Å²) in [6.45, 7) is 6.39. The van der Waals surface area contributed by atoms with Crippen molar-refractivity contribution in [2.45, 2.75) is 38.2 Å². The summed E-state index contributed by atoms with van der Waals surface area (Å²) in [5, 5.41) is 1.95. The third-order valence-electron chi connectivity index (χ3n) is 5.97. The maximum Gasteiger partial charge on any atom is 0.261 e. The molecule has 0 aromatic heterocycles. The molecule has 2 N–H and O–H groups in total. The van der Waals surface area contributed by atoms with Gasteiger partial charge in [-0.3, -0.25) is 15.2 Å².